The van der Waals surface area contributed by atoms with Crippen LogP contribution in [0.4, 0.5) is 5.69 Å². The lowest BCUT2D eigenvalue weighted by Gasteiger charge is -2.33. The van der Waals surface area contributed by atoms with E-state index in [-0.39, 0.29) is 5.91 Å². The highest BCUT2D eigenvalue weighted by Gasteiger charge is 2.20. The lowest BCUT2D eigenvalue weighted by molar-refractivity contribution is -0.117. The SMILES string of the molecule is O=C(CN1CCN(Cc2nc(-c3cccs3)cs2)CC1)Nc1cccc2ccccc12. The molecule has 0 spiro atoms. The molecule has 0 saturated carbocycles. The Hall–Kier alpha value is -2.58. The number of aromatic nitrogens is 1. The Balaban J connectivity index is 1.12. The summed E-state index contributed by atoms with van der Waals surface area (Å²) in [4.78, 5) is 23.3. The van der Waals surface area contributed by atoms with Crippen molar-refractivity contribution in [1.29, 1.82) is 0 Å². The maximum absolute atomic E-state index is 12.6. The van der Waals surface area contributed by atoms with Crippen LogP contribution in [-0.2, 0) is 11.3 Å². The van der Waals surface area contributed by atoms with E-state index in [0.717, 1.165) is 59.9 Å². The summed E-state index contributed by atoms with van der Waals surface area (Å²) in [6.07, 6.45) is 0. The summed E-state index contributed by atoms with van der Waals surface area (Å²) in [5.74, 6) is 0.0466. The second-order valence-corrected chi connectivity index (χ2v) is 9.62. The van der Waals surface area contributed by atoms with Crippen LogP contribution < -0.4 is 5.32 Å². The topological polar surface area (TPSA) is 48.5 Å². The van der Waals surface area contributed by atoms with Gasteiger partial charge in [0.1, 0.15) is 5.01 Å². The minimum atomic E-state index is 0.0466. The molecule has 1 saturated heterocycles. The number of nitrogens with one attached hydrogen (secondary N) is 1. The molecule has 0 unspecified atom stereocenters. The summed E-state index contributed by atoms with van der Waals surface area (Å²) in [5, 5.41) is 10.7. The molecule has 0 bridgehead atoms. The highest BCUT2D eigenvalue weighted by molar-refractivity contribution is 7.14. The number of fused-ring (bicyclic) bond motifs is 1. The second-order valence-electron chi connectivity index (χ2n) is 7.73. The summed E-state index contributed by atoms with van der Waals surface area (Å²) in [6.45, 7) is 5.01. The first-order valence-corrected chi connectivity index (χ1v) is 12.2. The normalized spacial score (nSPS) is 15.4. The molecule has 2 aromatic carbocycles. The van der Waals surface area contributed by atoms with Crippen molar-refractivity contribution in [1.82, 2.24) is 14.8 Å². The summed E-state index contributed by atoms with van der Waals surface area (Å²) in [7, 11) is 0. The lowest BCUT2D eigenvalue weighted by Crippen LogP contribution is -2.48. The van der Waals surface area contributed by atoms with Crippen LogP contribution in [0.1, 0.15) is 5.01 Å². The molecule has 1 fully saturated rings. The van der Waals surface area contributed by atoms with Gasteiger partial charge in [0.15, 0.2) is 0 Å². The highest BCUT2D eigenvalue weighted by Crippen LogP contribution is 2.27. The zero-order valence-corrected chi connectivity index (χ0v) is 18.8. The van der Waals surface area contributed by atoms with Gasteiger partial charge in [0.05, 0.1) is 23.7 Å². The number of piperazine rings is 1. The first-order valence-electron chi connectivity index (χ1n) is 10.5. The van der Waals surface area contributed by atoms with Gasteiger partial charge < -0.3 is 5.32 Å². The van der Waals surface area contributed by atoms with Crippen LogP contribution in [0.15, 0.2) is 65.4 Å². The van der Waals surface area contributed by atoms with Crippen molar-refractivity contribution in [3.63, 3.8) is 0 Å². The van der Waals surface area contributed by atoms with Gasteiger partial charge in [-0.25, -0.2) is 4.98 Å². The number of amides is 1. The molecule has 2 aromatic heterocycles. The highest BCUT2D eigenvalue weighted by atomic mass is 32.1. The molecule has 1 amide bonds. The Bertz CT molecular complexity index is 1160. The van der Waals surface area contributed by atoms with Gasteiger partial charge in [0, 0.05) is 42.6 Å². The molecule has 4 aromatic rings. The maximum Gasteiger partial charge on any atom is 0.238 e. The van der Waals surface area contributed by atoms with Gasteiger partial charge in [-0.05, 0) is 22.9 Å². The van der Waals surface area contributed by atoms with Gasteiger partial charge in [-0.15, -0.1) is 22.7 Å². The number of carbonyl (C=O) groups is 1. The maximum atomic E-state index is 12.6. The molecule has 1 aliphatic rings. The molecule has 0 atom stereocenters. The number of hydrogen-bond donors (Lipinski definition) is 1. The van der Waals surface area contributed by atoms with E-state index in [9.17, 15) is 4.79 Å². The Labute approximate surface area is 190 Å². The molecule has 5 rings (SSSR count). The molecule has 158 valence electrons. The number of thiophene rings is 1. The Morgan fingerprint density at radius 3 is 2.58 bits per heavy atom. The standard InChI is InChI=1S/C24H24N4OS2/c29-23(25-20-8-3-6-18-5-1-2-7-19(18)20)15-27-10-12-28(13-11-27)16-24-26-21(17-31-24)22-9-4-14-30-22/h1-9,14,17H,10-13,15-16H2,(H,25,29). The summed E-state index contributed by atoms with van der Waals surface area (Å²) < 4.78 is 0. The smallest absolute Gasteiger partial charge is 0.238 e. The third-order valence-corrected chi connectivity index (χ3v) is 7.31. The fraction of sp³-hybridized carbons (Fsp3) is 0.250. The van der Waals surface area contributed by atoms with Crippen molar-refractivity contribution < 1.29 is 4.79 Å². The number of thiazole rings is 1. The van der Waals surface area contributed by atoms with Crippen LogP contribution in [0.25, 0.3) is 21.3 Å². The van der Waals surface area contributed by atoms with Crippen molar-refractivity contribution in [2.45, 2.75) is 6.54 Å². The van der Waals surface area contributed by atoms with Crippen molar-refractivity contribution in [3.8, 4) is 10.6 Å². The molecule has 0 aliphatic carbocycles. The fourth-order valence-corrected chi connectivity index (χ4v) is 5.54. The van der Waals surface area contributed by atoms with E-state index in [0.29, 0.717) is 6.54 Å². The monoisotopic (exact) mass is 448 g/mol. The minimum Gasteiger partial charge on any atom is -0.324 e. The number of anilines is 1. The number of carbonyl (C=O) groups excluding carboxylic acids is 1. The number of rotatable bonds is 6. The molecule has 7 heteroatoms. The Morgan fingerprint density at radius 2 is 1.74 bits per heavy atom. The van der Waals surface area contributed by atoms with Gasteiger partial charge in [-0.2, -0.15) is 0 Å². The van der Waals surface area contributed by atoms with Gasteiger partial charge in [-0.3, -0.25) is 14.6 Å². The predicted octanol–water partition coefficient (Wildman–Crippen LogP) is 4.78. The minimum absolute atomic E-state index is 0.0466. The Kier molecular flexibility index (Phi) is 6.08. The van der Waals surface area contributed by atoms with Crippen LogP contribution in [0, 0.1) is 0 Å². The second kappa shape index (κ2) is 9.28. The summed E-state index contributed by atoms with van der Waals surface area (Å²) in [5.41, 5.74) is 1.96. The van der Waals surface area contributed by atoms with Crippen molar-refractivity contribution in [2.75, 3.05) is 38.0 Å². The largest absolute Gasteiger partial charge is 0.324 e. The summed E-state index contributed by atoms with van der Waals surface area (Å²) >= 11 is 3.46. The van der Waals surface area contributed by atoms with E-state index < -0.39 is 0 Å². The Morgan fingerprint density at radius 1 is 0.935 bits per heavy atom. The quantitative estimate of drug-likeness (QED) is 0.461. The van der Waals surface area contributed by atoms with Crippen LogP contribution in [0.2, 0.25) is 0 Å². The predicted molar refractivity (Wildman–Crippen MR) is 130 cm³/mol. The van der Waals surface area contributed by atoms with E-state index in [1.54, 1.807) is 22.7 Å². The molecule has 1 N–H and O–H groups in total. The van der Waals surface area contributed by atoms with Crippen LogP contribution in [0.5, 0.6) is 0 Å². The lowest BCUT2D eigenvalue weighted by atomic mass is 10.1. The van der Waals surface area contributed by atoms with Gasteiger partial charge in [0.2, 0.25) is 5.91 Å². The number of benzene rings is 2. The average Bonchev–Trinajstić information content (AvgIpc) is 3.47. The zero-order chi connectivity index (χ0) is 21.0. The fourth-order valence-electron chi connectivity index (χ4n) is 3.95. The van der Waals surface area contributed by atoms with E-state index in [1.807, 2.05) is 30.3 Å². The molecular formula is C24H24N4OS2. The zero-order valence-electron chi connectivity index (χ0n) is 17.2. The van der Waals surface area contributed by atoms with Gasteiger partial charge in [-0.1, -0.05) is 42.5 Å². The first kappa shape index (κ1) is 20.3. The molecule has 1 aliphatic heterocycles. The van der Waals surface area contributed by atoms with Gasteiger partial charge in [0.25, 0.3) is 0 Å². The van der Waals surface area contributed by atoms with Crippen LogP contribution in [0.3, 0.4) is 0 Å². The van der Waals surface area contributed by atoms with Crippen molar-refractivity contribution in [2.24, 2.45) is 0 Å². The third-order valence-electron chi connectivity index (χ3n) is 5.58. The van der Waals surface area contributed by atoms with E-state index in [4.69, 9.17) is 4.98 Å². The number of nitrogens with zero attached hydrogens (tertiary/aromatic N) is 3. The van der Waals surface area contributed by atoms with Crippen LogP contribution >= 0.6 is 22.7 Å². The first-order chi connectivity index (χ1) is 15.2. The van der Waals surface area contributed by atoms with Crippen molar-refractivity contribution in [3.05, 3.63) is 70.4 Å². The van der Waals surface area contributed by atoms with E-state index in [2.05, 4.69) is 50.1 Å². The van der Waals surface area contributed by atoms with Crippen LogP contribution in [-0.4, -0.2) is 53.4 Å². The molecule has 0 radical (unpaired) electrons. The third kappa shape index (κ3) is 4.85. The average molecular weight is 449 g/mol. The van der Waals surface area contributed by atoms with Gasteiger partial charge >= 0.3 is 0 Å². The molecular weight excluding hydrogens is 424 g/mol. The molecule has 5 nitrogen and oxygen atoms in total. The number of hydrogen-bond acceptors (Lipinski definition) is 6. The summed E-state index contributed by atoms with van der Waals surface area (Å²) in [6, 6.07) is 18.3. The van der Waals surface area contributed by atoms with Crippen molar-refractivity contribution >= 4 is 45.0 Å². The molecule has 3 heterocycles. The van der Waals surface area contributed by atoms with E-state index in [1.165, 1.54) is 4.88 Å². The molecule has 31 heavy (non-hydrogen) atoms. The van der Waals surface area contributed by atoms with E-state index >= 15 is 0 Å².